The number of carbonyl (C=O) groups excluding carboxylic acids is 1. The van der Waals surface area contributed by atoms with Crippen LogP contribution in [0.4, 0.5) is 11.4 Å². The van der Waals surface area contributed by atoms with Gasteiger partial charge in [-0.05, 0) is 73.5 Å². The molecule has 0 atom stereocenters. The predicted octanol–water partition coefficient (Wildman–Crippen LogP) is 6.68. The number of aromatic nitrogens is 1. The van der Waals surface area contributed by atoms with Crippen molar-refractivity contribution >= 4 is 22.9 Å². The van der Waals surface area contributed by atoms with Crippen molar-refractivity contribution < 1.29 is 19.0 Å². The molecule has 0 amide bonds. The van der Waals surface area contributed by atoms with Gasteiger partial charge in [-0.25, -0.2) is 4.79 Å². The Morgan fingerprint density at radius 1 is 0.923 bits per heavy atom. The number of esters is 1. The van der Waals surface area contributed by atoms with Crippen LogP contribution in [-0.4, -0.2) is 37.3 Å². The molecule has 0 radical (unpaired) electrons. The Balaban J connectivity index is 1.43. The summed E-state index contributed by atoms with van der Waals surface area (Å²) in [5.41, 5.74) is 6.32. The minimum absolute atomic E-state index is 0.205. The van der Waals surface area contributed by atoms with Crippen LogP contribution >= 0.6 is 0 Å². The van der Waals surface area contributed by atoms with Crippen LogP contribution in [0.5, 0.6) is 17.2 Å². The molecule has 3 aromatic carbocycles. The number of hydrogen-bond acceptors (Lipinski definition) is 7. The van der Waals surface area contributed by atoms with Crippen molar-refractivity contribution in [1.82, 2.24) is 4.98 Å². The minimum Gasteiger partial charge on any atom is -0.496 e. The molecule has 1 aliphatic rings. The van der Waals surface area contributed by atoms with Crippen molar-refractivity contribution in [2.45, 2.75) is 19.4 Å². The smallest absolute Gasteiger partial charge is 0.345 e. The number of methoxy groups -OCH3 is 2. The fraction of sp³-hybridized carbons (Fsp3) is 0.188. The molecule has 1 aromatic heterocycles. The molecule has 198 valence electrons. The van der Waals surface area contributed by atoms with Crippen LogP contribution in [0.15, 0.2) is 91.3 Å². The number of para-hydroxylation sites is 2. The summed E-state index contributed by atoms with van der Waals surface area (Å²) in [6.07, 6.45) is 5.34. The number of nitrogens with zero attached hydrogens (tertiary/aromatic N) is 1. The number of pyridine rings is 1. The maximum atomic E-state index is 12.5. The van der Waals surface area contributed by atoms with Gasteiger partial charge >= 0.3 is 5.97 Å². The maximum Gasteiger partial charge on any atom is 0.345 e. The highest BCUT2D eigenvalue weighted by Crippen LogP contribution is 2.40. The SMILES string of the molecule is COc1ccccc1NCC1=CC(C)(C)Nc2ccc(-c3ccc(OC(=O)c4cccnc4)cc3OC)cc21. The molecule has 7 nitrogen and oxygen atoms in total. The lowest BCUT2D eigenvalue weighted by Gasteiger charge is -2.33. The van der Waals surface area contributed by atoms with Crippen molar-refractivity contribution in [3.05, 3.63) is 102 Å². The summed E-state index contributed by atoms with van der Waals surface area (Å²) in [5.74, 6) is 1.33. The summed E-state index contributed by atoms with van der Waals surface area (Å²) >= 11 is 0. The molecule has 0 saturated carbocycles. The van der Waals surface area contributed by atoms with Crippen molar-refractivity contribution in [2.24, 2.45) is 0 Å². The number of nitrogens with one attached hydrogen (secondary N) is 2. The van der Waals surface area contributed by atoms with Gasteiger partial charge in [0.15, 0.2) is 0 Å². The van der Waals surface area contributed by atoms with E-state index in [0.29, 0.717) is 23.6 Å². The number of ether oxygens (including phenoxy) is 3. The third-order valence-electron chi connectivity index (χ3n) is 6.53. The Bertz CT molecular complexity index is 1530. The van der Waals surface area contributed by atoms with E-state index in [0.717, 1.165) is 33.8 Å². The van der Waals surface area contributed by atoms with E-state index in [4.69, 9.17) is 14.2 Å². The van der Waals surface area contributed by atoms with Crippen molar-refractivity contribution in [3.63, 3.8) is 0 Å². The number of anilines is 2. The first-order valence-corrected chi connectivity index (χ1v) is 12.7. The van der Waals surface area contributed by atoms with E-state index < -0.39 is 5.97 Å². The molecule has 0 fully saturated rings. The fourth-order valence-corrected chi connectivity index (χ4v) is 4.73. The molecule has 4 aromatic rings. The van der Waals surface area contributed by atoms with Crippen LogP contribution in [-0.2, 0) is 0 Å². The lowest BCUT2D eigenvalue weighted by molar-refractivity contribution is 0.0734. The predicted molar refractivity (Wildman–Crippen MR) is 155 cm³/mol. The average Bonchev–Trinajstić information content (AvgIpc) is 2.95. The molecule has 0 unspecified atom stereocenters. The van der Waals surface area contributed by atoms with Gasteiger partial charge in [-0.2, -0.15) is 0 Å². The molecule has 0 aliphatic carbocycles. The van der Waals surface area contributed by atoms with Crippen molar-refractivity contribution in [3.8, 4) is 28.4 Å². The summed E-state index contributed by atoms with van der Waals surface area (Å²) in [6, 6.07) is 23.0. The Kier molecular flexibility index (Phi) is 7.23. The largest absolute Gasteiger partial charge is 0.496 e. The molecule has 39 heavy (non-hydrogen) atoms. The maximum absolute atomic E-state index is 12.5. The van der Waals surface area contributed by atoms with E-state index in [-0.39, 0.29) is 5.54 Å². The van der Waals surface area contributed by atoms with Gasteiger partial charge in [0.05, 0.1) is 31.0 Å². The van der Waals surface area contributed by atoms with Gasteiger partial charge in [0.1, 0.15) is 17.2 Å². The van der Waals surface area contributed by atoms with Gasteiger partial charge in [0.25, 0.3) is 0 Å². The van der Waals surface area contributed by atoms with E-state index in [2.05, 4.69) is 53.7 Å². The van der Waals surface area contributed by atoms with Crippen LogP contribution in [0, 0.1) is 0 Å². The van der Waals surface area contributed by atoms with Gasteiger partial charge < -0.3 is 24.8 Å². The van der Waals surface area contributed by atoms with Gasteiger partial charge in [-0.3, -0.25) is 4.98 Å². The van der Waals surface area contributed by atoms with E-state index in [1.807, 2.05) is 30.3 Å². The average molecular weight is 522 g/mol. The van der Waals surface area contributed by atoms with Gasteiger partial charge in [-0.15, -0.1) is 0 Å². The van der Waals surface area contributed by atoms with Crippen molar-refractivity contribution in [2.75, 3.05) is 31.4 Å². The first-order chi connectivity index (χ1) is 18.9. The number of fused-ring (bicyclic) bond motifs is 1. The second-order valence-electron chi connectivity index (χ2n) is 9.82. The number of hydrogen-bond donors (Lipinski definition) is 2. The Morgan fingerprint density at radius 2 is 1.74 bits per heavy atom. The second-order valence-corrected chi connectivity index (χ2v) is 9.82. The topological polar surface area (TPSA) is 81.7 Å². The Hall–Kier alpha value is -4.78. The molecular formula is C32H31N3O4. The van der Waals surface area contributed by atoms with Crippen LogP contribution in [0.3, 0.4) is 0 Å². The van der Waals surface area contributed by atoms with E-state index in [9.17, 15) is 4.79 Å². The summed E-state index contributed by atoms with van der Waals surface area (Å²) in [4.78, 5) is 16.5. The van der Waals surface area contributed by atoms with Crippen LogP contribution in [0.1, 0.15) is 29.8 Å². The van der Waals surface area contributed by atoms with Crippen LogP contribution in [0.25, 0.3) is 16.7 Å². The molecule has 2 heterocycles. The zero-order valence-electron chi connectivity index (χ0n) is 22.4. The van der Waals surface area contributed by atoms with Crippen LogP contribution in [0.2, 0.25) is 0 Å². The monoisotopic (exact) mass is 521 g/mol. The molecule has 0 spiro atoms. The highest BCUT2D eigenvalue weighted by molar-refractivity contribution is 5.91. The first-order valence-electron chi connectivity index (χ1n) is 12.7. The van der Waals surface area contributed by atoms with E-state index in [1.165, 1.54) is 11.8 Å². The standard InChI is InChI=1S/C32H31N3O4/c1-32(2)18-23(20-34-28-9-5-6-10-29(28)37-3)26-16-21(11-14-27(26)35-32)25-13-12-24(17-30(25)38-4)39-31(36)22-8-7-15-33-19-22/h5-19,34-35H,20H2,1-4H3. The third-order valence-corrected chi connectivity index (χ3v) is 6.53. The summed E-state index contributed by atoms with van der Waals surface area (Å²) in [5, 5.41) is 7.15. The summed E-state index contributed by atoms with van der Waals surface area (Å²) in [6.45, 7) is 4.94. The number of benzene rings is 3. The first kappa shape index (κ1) is 25.9. The molecular weight excluding hydrogens is 490 g/mol. The lowest BCUT2D eigenvalue weighted by Crippen LogP contribution is -2.32. The summed E-state index contributed by atoms with van der Waals surface area (Å²) in [7, 11) is 3.28. The molecule has 0 saturated heterocycles. The van der Waals surface area contributed by atoms with Crippen LogP contribution < -0.4 is 24.8 Å². The molecule has 7 heteroatoms. The number of carbonyl (C=O) groups is 1. The zero-order valence-corrected chi connectivity index (χ0v) is 22.4. The van der Waals surface area contributed by atoms with Crippen molar-refractivity contribution in [1.29, 1.82) is 0 Å². The minimum atomic E-state index is -0.474. The zero-order chi connectivity index (χ0) is 27.4. The molecule has 0 bridgehead atoms. The molecule has 2 N–H and O–H groups in total. The fourth-order valence-electron chi connectivity index (χ4n) is 4.73. The van der Waals surface area contributed by atoms with E-state index in [1.54, 1.807) is 44.7 Å². The van der Waals surface area contributed by atoms with E-state index >= 15 is 0 Å². The highest BCUT2D eigenvalue weighted by atomic mass is 16.5. The summed E-state index contributed by atoms with van der Waals surface area (Å²) < 4.78 is 16.8. The second kappa shape index (κ2) is 10.9. The Morgan fingerprint density at radius 3 is 2.51 bits per heavy atom. The molecule has 1 aliphatic heterocycles. The lowest BCUT2D eigenvalue weighted by atomic mass is 9.88. The van der Waals surface area contributed by atoms with Gasteiger partial charge in [0, 0.05) is 41.8 Å². The highest BCUT2D eigenvalue weighted by Gasteiger charge is 2.25. The molecule has 5 rings (SSSR count). The van der Waals surface area contributed by atoms with Gasteiger partial charge in [-0.1, -0.05) is 24.3 Å². The van der Waals surface area contributed by atoms with Gasteiger partial charge in [0.2, 0.25) is 0 Å². The normalized spacial score (nSPS) is 13.4. The quantitative estimate of drug-likeness (QED) is 0.198. The Labute approximate surface area is 228 Å². The number of rotatable bonds is 8. The third kappa shape index (κ3) is 5.72.